The molecule has 0 aromatic heterocycles. The van der Waals surface area contributed by atoms with Crippen molar-refractivity contribution in [2.24, 2.45) is 5.92 Å². The molecule has 0 radical (unpaired) electrons. The third-order valence-corrected chi connectivity index (χ3v) is 4.82. The second-order valence-electron chi connectivity index (χ2n) is 8.24. The van der Waals surface area contributed by atoms with Gasteiger partial charge in [-0.05, 0) is 30.7 Å². The quantitative estimate of drug-likeness (QED) is 0.236. The number of nitrogens with one attached hydrogen (secondary N) is 3. The second-order valence-corrected chi connectivity index (χ2v) is 8.24. The summed E-state index contributed by atoms with van der Waals surface area (Å²) in [5.41, 5.74) is 0.841. The van der Waals surface area contributed by atoms with Crippen molar-refractivity contribution >= 4 is 23.7 Å². The maximum atomic E-state index is 12.5. The lowest BCUT2D eigenvalue weighted by molar-refractivity contribution is -0.146. The van der Waals surface area contributed by atoms with Crippen LogP contribution in [-0.2, 0) is 35.3 Å². The zero-order valence-electron chi connectivity index (χ0n) is 18.9. The predicted molar refractivity (Wildman–Crippen MR) is 117 cm³/mol. The van der Waals surface area contributed by atoms with Crippen molar-refractivity contribution in [1.82, 2.24) is 16.0 Å². The van der Waals surface area contributed by atoms with Crippen molar-refractivity contribution in [3.8, 4) is 0 Å². The van der Waals surface area contributed by atoms with Gasteiger partial charge in [-0.1, -0.05) is 44.2 Å². The lowest BCUT2D eigenvalue weighted by Crippen LogP contribution is -2.49. The van der Waals surface area contributed by atoms with Gasteiger partial charge >= 0.3 is 5.97 Å². The number of unbranched alkanes of at least 4 members (excludes halogenated alkanes) is 1. The number of epoxide rings is 1. The highest BCUT2D eigenvalue weighted by molar-refractivity contribution is 5.95. The van der Waals surface area contributed by atoms with Gasteiger partial charge in [0, 0.05) is 20.0 Å². The Hall–Kier alpha value is -2.94. The van der Waals surface area contributed by atoms with Crippen LogP contribution < -0.4 is 16.0 Å². The first-order chi connectivity index (χ1) is 15.3. The van der Waals surface area contributed by atoms with Gasteiger partial charge in [-0.3, -0.25) is 14.4 Å². The van der Waals surface area contributed by atoms with Gasteiger partial charge in [0.2, 0.25) is 11.8 Å². The molecule has 3 atom stereocenters. The molecule has 1 fully saturated rings. The van der Waals surface area contributed by atoms with Crippen LogP contribution in [0.2, 0.25) is 0 Å². The summed E-state index contributed by atoms with van der Waals surface area (Å²) in [5.74, 6) is -1.29. The highest BCUT2D eigenvalue weighted by Crippen LogP contribution is 2.24. The molecule has 3 N–H and O–H groups in total. The van der Waals surface area contributed by atoms with Crippen LogP contribution in [0, 0.1) is 5.92 Å². The lowest BCUT2D eigenvalue weighted by Gasteiger charge is -2.20. The molecule has 0 aliphatic carbocycles. The third-order valence-electron chi connectivity index (χ3n) is 4.82. The molecular weight excluding hydrogens is 414 g/mol. The number of esters is 1. The molecule has 176 valence electrons. The van der Waals surface area contributed by atoms with Gasteiger partial charge in [0.1, 0.15) is 12.6 Å². The number of benzene rings is 1. The lowest BCUT2D eigenvalue weighted by atomic mass is 10.0. The molecular formula is C23H33N3O6. The molecule has 3 amide bonds. The fourth-order valence-electron chi connectivity index (χ4n) is 3.11. The van der Waals surface area contributed by atoms with Gasteiger partial charge in [0.05, 0.1) is 0 Å². The van der Waals surface area contributed by atoms with E-state index in [1.54, 1.807) is 0 Å². The van der Waals surface area contributed by atoms with Crippen LogP contribution in [0.4, 0.5) is 0 Å². The van der Waals surface area contributed by atoms with Crippen LogP contribution in [0.5, 0.6) is 0 Å². The smallest absolute Gasteiger partial charge is 0.338 e. The zero-order valence-corrected chi connectivity index (χ0v) is 18.9. The monoisotopic (exact) mass is 447 g/mol. The van der Waals surface area contributed by atoms with Gasteiger partial charge in [0.25, 0.3) is 5.91 Å². The number of carbonyl (C=O) groups excluding carboxylic acids is 4. The number of carbonyl (C=O) groups is 4. The van der Waals surface area contributed by atoms with Crippen LogP contribution >= 0.6 is 0 Å². The number of amides is 3. The Morgan fingerprint density at radius 2 is 1.66 bits per heavy atom. The van der Waals surface area contributed by atoms with E-state index < -0.39 is 30.1 Å². The van der Waals surface area contributed by atoms with E-state index >= 15 is 0 Å². The van der Waals surface area contributed by atoms with E-state index in [0.717, 1.165) is 12.0 Å². The molecule has 0 bridgehead atoms. The number of hydrogen-bond donors (Lipinski definition) is 3. The van der Waals surface area contributed by atoms with Crippen molar-refractivity contribution in [3.05, 3.63) is 35.9 Å². The maximum Gasteiger partial charge on any atom is 0.338 e. The molecule has 32 heavy (non-hydrogen) atoms. The summed E-state index contributed by atoms with van der Waals surface area (Å²) in [6.07, 6.45) is 0.00650. The Morgan fingerprint density at radius 3 is 2.28 bits per heavy atom. The normalized spacial score (nSPS) is 17.9. The van der Waals surface area contributed by atoms with Crippen LogP contribution in [0.25, 0.3) is 0 Å². The first-order valence-electron chi connectivity index (χ1n) is 11.0. The molecule has 0 saturated carbocycles. The fourth-order valence-corrected chi connectivity index (χ4v) is 3.11. The molecule has 2 rings (SSSR count). The Morgan fingerprint density at radius 1 is 1.00 bits per heavy atom. The van der Waals surface area contributed by atoms with E-state index in [1.165, 1.54) is 6.92 Å². The van der Waals surface area contributed by atoms with Crippen LogP contribution in [0.15, 0.2) is 30.3 Å². The minimum absolute atomic E-state index is 0.0849. The summed E-state index contributed by atoms with van der Waals surface area (Å²) < 4.78 is 10.4. The maximum absolute atomic E-state index is 12.5. The standard InChI is InChI=1S/C23H33N3O6/c1-15(2)13-18(21(28)25-12-8-7-11-24-16(3)27)26-22(29)19-20(32-19)23(30)31-14-17-9-5-4-6-10-17/h4-6,9-10,15,18-20H,7-8,11-14H2,1-3H3,(H,24,27)(H,25,28)(H,26,29)/t18-,19-,20-/m0/s1. The number of rotatable bonds is 13. The molecule has 9 heteroatoms. The highest BCUT2D eigenvalue weighted by atomic mass is 16.6. The molecule has 1 heterocycles. The van der Waals surface area contributed by atoms with E-state index in [0.29, 0.717) is 25.9 Å². The van der Waals surface area contributed by atoms with Gasteiger partial charge < -0.3 is 25.4 Å². The largest absolute Gasteiger partial charge is 0.459 e. The van der Waals surface area contributed by atoms with Crippen molar-refractivity contribution in [2.45, 2.75) is 64.9 Å². The summed E-state index contributed by atoms with van der Waals surface area (Å²) in [7, 11) is 0. The molecule has 0 unspecified atom stereocenters. The number of hydrogen-bond acceptors (Lipinski definition) is 6. The second kappa shape index (κ2) is 12.8. The van der Waals surface area contributed by atoms with Crippen molar-refractivity contribution in [1.29, 1.82) is 0 Å². The molecule has 1 aliphatic rings. The van der Waals surface area contributed by atoms with Crippen LogP contribution in [-0.4, -0.2) is 55.0 Å². The van der Waals surface area contributed by atoms with Crippen molar-refractivity contribution < 1.29 is 28.7 Å². The molecule has 1 aliphatic heterocycles. The van der Waals surface area contributed by atoms with Gasteiger partial charge in [0.15, 0.2) is 12.2 Å². The SMILES string of the molecule is CC(=O)NCCCCNC(=O)[C@H](CC(C)C)NC(=O)[C@H]1O[C@@H]1C(=O)OCc1ccccc1. The summed E-state index contributed by atoms with van der Waals surface area (Å²) in [4.78, 5) is 48.0. The fraction of sp³-hybridized carbons (Fsp3) is 0.565. The van der Waals surface area contributed by atoms with E-state index in [4.69, 9.17) is 9.47 Å². The highest BCUT2D eigenvalue weighted by Gasteiger charge is 2.52. The Labute approximate surface area is 188 Å². The topological polar surface area (TPSA) is 126 Å². The average molecular weight is 448 g/mol. The van der Waals surface area contributed by atoms with Crippen LogP contribution in [0.1, 0.15) is 45.6 Å². The Kier molecular flexibility index (Phi) is 10.1. The summed E-state index contributed by atoms with van der Waals surface area (Å²) >= 11 is 0. The summed E-state index contributed by atoms with van der Waals surface area (Å²) in [6, 6.07) is 8.50. The number of ether oxygens (including phenoxy) is 2. The predicted octanol–water partition coefficient (Wildman–Crippen LogP) is 1.06. The minimum Gasteiger partial charge on any atom is -0.459 e. The zero-order chi connectivity index (χ0) is 23.5. The molecule has 0 spiro atoms. The Balaban J connectivity index is 1.75. The van der Waals surface area contributed by atoms with Crippen molar-refractivity contribution in [2.75, 3.05) is 13.1 Å². The third kappa shape index (κ3) is 9.05. The van der Waals surface area contributed by atoms with Crippen LogP contribution in [0.3, 0.4) is 0 Å². The molecule has 1 saturated heterocycles. The molecule has 9 nitrogen and oxygen atoms in total. The van der Waals surface area contributed by atoms with Gasteiger partial charge in [-0.15, -0.1) is 0 Å². The summed E-state index contributed by atoms with van der Waals surface area (Å²) in [5, 5.41) is 8.21. The molecule has 1 aromatic carbocycles. The Bertz CT molecular complexity index is 783. The van der Waals surface area contributed by atoms with Gasteiger partial charge in [-0.25, -0.2) is 4.79 Å². The van der Waals surface area contributed by atoms with E-state index in [-0.39, 0.29) is 24.3 Å². The van der Waals surface area contributed by atoms with E-state index in [1.807, 2.05) is 44.2 Å². The summed E-state index contributed by atoms with van der Waals surface area (Å²) in [6.45, 7) is 6.47. The van der Waals surface area contributed by atoms with Crippen molar-refractivity contribution in [3.63, 3.8) is 0 Å². The van der Waals surface area contributed by atoms with E-state index in [9.17, 15) is 19.2 Å². The van der Waals surface area contributed by atoms with E-state index in [2.05, 4.69) is 16.0 Å². The first kappa shape index (κ1) is 25.3. The molecule has 1 aromatic rings. The van der Waals surface area contributed by atoms with Gasteiger partial charge in [-0.2, -0.15) is 0 Å². The first-order valence-corrected chi connectivity index (χ1v) is 11.0. The minimum atomic E-state index is -0.949. The average Bonchev–Trinajstić information content (AvgIpc) is 3.55.